The van der Waals surface area contributed by atoms with Crippen LogP contribution in [-0.2, 0) is 15.9 Å². The van der Waals surface area contributed by atoms with Crippen LogP contribution in [-0.4, -0.2) is 37.5 Å². The van der Waals surface area contributed by atoms with Gasteiger partial charge in [0.2, 0.25) is 5.28 Å². The van der Waals surface area contributed by atoms with Crippen molar-refractivity contribution >= 4 is 68.3 Å². The minimum absolute atomic E-state index is 0.0212. The zero-order valence-electron chi connectivity index (χ0n) is 19.0. The summed E-state index contributed by atoms with van der Waals surface area (Å²) in [5, 5.41) is 3.00. The molecule has 35 heavy (non-hydrogen) atoms. The fourth-order valence-electron chi connectivity index (χ4n) is 5.52. The molecule has 0 amide bonds. The average Bonchev–Trinajstić information content (AvgIpc) is 3.44. The molecule has 1 aliphatic heterocycles. The van der Waals surface area contributed by atoms with E-state index < -0.39 is 5.79 Å². The van der Waals surface area contributed by atoms with Gasteiger partial charge in [0.05, 0.1) is 28.1 Å². The molecule has 10 heteroatoms. The van der Waals surface area contributed by atoms with E-state index >= 15 is 0 Å². The lowest BCUT2D eigenvalue weighted by Gasteiger charge is -2.24. The van der Waals surface area contributed by atoms with E-state index in [4.69, 9.17) is 55.9 Å². The second kappa shape index (κ2) is 8.72. The molecular weight excluding hydrogens is 530 g/mol. The molecule has 6 nitrogen and oxygen atoms in total. The van der Waals surface area contributed by atoms with E-state index in [0.717, 1.165) is 35.6 Å². The molecule has 2 aliphatic rings. The molecule has 1 aliphatic carbocycles. The fraction of sp³-hybridized carbons (Fsp3) is 0.400. The van der Waals surface area contributed by atoms with Crippen LogP contribution in [0.2, 0.25) is 20.6 Å². The van der Waals surface area contributed by atoms with Gasteiger partial charge < -0.3 is 14.0 Å². The molecule has 0 bridgehead atoms. The Kier molecular flexibility index (Phi) is 5.91. The molecule has 1 saturated carbocycles. The maximum Gasteiger partial charge on any atom is 0.225 e. The maximum atomic E-state index is 6.40. The number of aryl methyl sites for hydroxylation is 1. The summed E-state index contributed by atoms with van der Waals surface area (Å²) in [7, 11) is 0. The van der Waals surface area contributed by atoms with Crippen molar-refractivity contribution in [3.05, 3.63) is 62.7 Å². The highest BCUT2D eigenvalue weighted by Gasteiger charge is 2.54. The van der Waals surface area contributed by atoms with Crippen LogP contribution in [0.1, 0.15) is 38.3 Å². The Labute approximate surface area is 222 Å². The number of hydrogen-bond acceptors (Lipinski definition) is 5. The van der Waals surface area contributed by atoms with Crippen LogP contribution < -0.4 is 0 Å². The van der Waals surface area contributed by atoms with Crippen LogP contribution in [0, 0.1) is 5.92 Å². The Bertz CT molecular complexity index is 1460. The smallest absolute Gasteiger partial charge is 0.225 e. The fourth-order valence-corrected chi connectivity index (χ4v) is 6.26. The molecule has 0 N–H and O–H groups in total. The van der Waals surface area contributed by atoms with Crippen molar-refractivity contribution in [1.29, 1.82) is 0 Å². The standard InChI is InChI=1S/C25H22Cl4N4O2/c1-25(2)34-19-14(6-4-12-3-5-13-10-16(26)22(28)30-17(13)9-12)11-18(20(19)35-25)33-8-7-15-21(27)31-24(29)32-23(15)33/h3,5,7-10,14,18-20H,4,6,11H2,1-2H3/t14-,18+,19+,20-/m0/s1. The van der Waals surface area contributed by atoms with Gasteiger partial charge in [-0.05, 0) is 74.4 Å². The summed E-state index contributed by atoms with van der Waals surface area (Å²) in [5.41, 5.74) is 2.75. The van der Waals surface area contributed by atoms with Gasteiger partial charge in [0.25, 0.3) is 0 Å². The van der Waals surface area contributed by atoms with Crippen LogP contribution in [0.15, 0.2) is 36.5 Å². The van der Waals surface area contributed by atoms with E-state index in [0.29, 0.717) is 26.9 Å². The average molecular weight is 552 g/mol. The summed E-state index contributed by atoms with van der Waals surface area (Å²) in [6.07, 6.45) is 4.59. The quantitative estimate of drug-likeness (QED) is 0.151. The van der Waals surface area contributed by atoms with Gasteiger partial charge in [-0.25, -0.2) is 9.97 Å². The van der Waals surface area contributed by atoms with E-state index in [9.17, 15) is 0 Å². The molecule has 4 aromatic rings. The zero-order chi connectivity index (χ0) is 24.5. The van der Waals surface area contributed by atoms with E-state index in [-0.39, 0.29) is 23.5 Å². The van der Waals surface area contributed by atoms with E-state index in [1.807, 2.05) is 38.2 Å². The number of fused-ring (bicyclic) bond motifs is 3. The molecule has 0 spiro atoms. The molecule has 0 radical (unpaired) electrons. The highest BCUT2D eigenvalue weighted by Crippen LogP contribution is 2.49. The van der Waals surface area contributed by atoms with Crippen LogP contribution in [0.5, 0.6) is 0 Å². The summed E-state index contributed by atoms with van der Waals surface area (Å²) in [4.78, 5) is 13.0. The Hall–Kier alpha value is -1.67. The van der Waals surface area contributed by atoms with Gasteiger partial charge in [0.15, 0.2) is 5.79 Å². The normalized spacial score (nSPS) is 25.5. The first-order chi connectivity index (χ1) is 16.7. The van der Waals surface area contributed by atoms with Gasteiger partial charge >= 0.3 is 0 Å². The Morgan fingerprint density at radius 1 is 0.971 bits per heavy atom. The van der Waals surface area contributed by atoms with E-state index in [1.54, 1.807) is 0 Å². The van der Waals surface area contributed by atoms with Gasteiger partial charge in [0.1, 0.15) is 22.1 Å². The first kappa shape index (κ1) is 23.7. The Morgan fingerprint density at radius 2 is 1.77 bits per heavy atom. The van der Waals surface area contributed by atoms with Crippen LogP contribution in [0.4, 0.5) is 0 Å². The minimum atomic E-state index is -0.650. The van der Waals surface area contributed by atoms with E-state index in [2.05, 4.69) is 31.7 Å². The second-order valence-electron chi connectivity index (χ2n) is 9.70. The van der Waals surface area contributed by atoms with Gasteiger partial charge in [-0.1, -0.05) is 46.9 Å². The number of pyridine rings is 1. The Morgan fingerprint density at radius 3 is 2.60 bits per heavy atom. The lowest BCUT2D eigenvalue weighted by Crippen LogP contribution is -2.27. The number of aromatic nitrogens is 4. The summed E-state index contributed by atoms with van der Waals surface area (Å²) in [6.45, 7) is 3.93. The molecule has 3 aromatic heterocycles. The number of rotatable bonds is 4. The number of hydrogen-bond donors (Lipinski definition) is 0. The zero-order valence-corrected chi connectivity index (χ0v) is 22.0. The molecule has 4 atom stereocenters. The predicted molar refractivity (Wildman–Crippen MR) is 139 cm³/mol. The molecule has 6 rings (SSSR count). The highest BCUT2D eigenvalue weighted by molar-refractivity contribution is 6.41. The molecule has 1 saturated heterocycles. The maximum absolute atomic E-state index is 6.40. The highest BCUT2D eigenvalue weighted by atomic mass is 35.5. The molecule has 2 fully saturated rings. The summed E-state index contributed by atoms with van der Waals surface area (Å²) in [5.74, 6) is -0.350. The lowest BCUT2D eigenvalue weighted by atomic mass is 9.95. The summed E-state index contributed by atoms with van der Waals surface area (Å²) >= 11 is 24.7. The van der Waals surface area contributed by atoms with Crippen molar-refractivity contribution in [3.63, 3.8) is 0 Å². The first-order valence-corrected chi connectivity index (χ1v) is 13.0. The Balaban J connectivity index is 1.28. The minimum Gasteiger partial charge on any atom is -0.344 e. The van der Waals surface area contributed by atoms with Crippen molar-refractivity contribution in [2.24, 2.45) is 5.92 Å². The molecule has 1 aromatic carbocycles. The van der Waals surface area contributed by atoms with Crippen LogP contribution in [0.3, 0.4) is 0 Å². The van der Waals surface area contributed by atoms with Gasteiger partial charge in [-0.15, -0.1) is 0 Å². The number of benzene rings is 1. The van der Waals surface area contributed by atoms with Crippen LogP contribution >= 0.6 is 46.4 Å². The molecule has 0 unspecified atom stereocenters. The van der Waals surface area contributed by atoms with Gasteiger partial charge in [-0.2, -0.15) is 4.98 Å². The van der Waals surface area contributed by atoms with Crippen molar-refractivity contribution in [2.45, 2.75) is 57.1 Å². The molecule has 182 valence electrons. The predicted octanol–water partition coefficient (Wildman–Crippen LogP) is 7.31. The second-order valence-corrected chi connectivity index (χ2v) is 11.2. The van der Waals surface area contributed by atoms with Crippen LogP contribution in [0.25, 0.3) is 21.9 Å². The van der Waals surface area contributed by atoms with Crippen molar-refractivity contribution in [3.8, 4) is 0 Å². The molecular formula is C25H22Cl4N4O2. The van der Waals surface area contributed by atoms with Crippen molar-refractivity contribution in [2.75, 3.05) is 0 Å². The SMILES string of the molecule is CC1(C)O[C@@H]2[C@@H](CCc3ccc4cc(Cl)c(Cl)nc4c3)C[C@@H](n3ccc4c(Cl)nc(Cl)nc43)[C@@H]2O1. The summed E-state index contributed by atoms with van der Waals surface area (Å²) in [6, 6.07) is 10.1. The van der Waals surface area contributed by atoms with E-state index in [1.165, 1.54) is 5.56 Å². The third-order valence-electron chi connectivity index (χ3n) is 7.00. The molecule has 4 heterocycles. The monoisotopic (exact) mass is 550 g/mol. The van der Waals surface area contributed by atoms with Crippen molar-refractivity contribution < 1.29 is 9.47 Å². The third-order valence-corrected chi connectivity index (χ3v) is 8.13. The third kappa shape index (κ3) is 4.28. The first-order valence-electron chi connectivity index (χ1n) is 11.5. The van der Waals surface area contributed by atoms with Gasteiger partial charge in [0, 0.05) is 11.6 Å². The number of halogens is 4. The summed E-state index contributed by atoms with van der Waals surface area (Å²) < 4.78 is 14.9. The number of nitrogens with zero attached hydrogens (tertiary/aromatic N) is 4. The number of ether oxygens (including phenoxy) is 2. The topological polar surface area (TPSA) is 62.1 Å². The lowest BCUT2D eigenvalue weighted by molar-refractivity contribution is -0.160. The van der Waals surface area contributed by atoms with Crippen molar-refractivity contribution in [1.82, 2.24) is 19.5 Å². The van der Waals surface area contributed by atoms with Gasteiger partial charge in [-0.3, -0.25) is 0 Å². The largest absolute Gasteiger partial charge is 0.344 e.